The molecule has 0 saturated carbocycles. The molecule has 0 aliphatic carbocycles. The second-order valence-electron chi connectivity index (χ2n) is 6.79. The van der Waals surface area contributed by atoms with Gasteiger partial charge in [0.2, 0.25) is 0 Å². The Morgan fingerprint density at radius 3 is 2.13 bits per heavy atom. The molecule has 2 atom stereocenters. The van der Waals surface area contributed by atoms with Crippen LogP contribution in [-0.2, 0) is 0 Å². The molecule has 2 unspecified atom stereocenters. The van der Waals surface area contributed by atoms with Gasteiger partial charge in [0, 0.05) is 51.3 Å². The van der Waals surface area contributed by atoms with Crippen LogP contribution < -0.4 is 4.90 Å². The summed E-state index contributed by atoms with van der Waals surface area (Å²) in [5, 5.41) is 29.0. The molecule has 5 nitrogen and oxygen atoms in total. The van der Waals surface area contributed by atoms with Crippen LogP contribution in [0.25, 0.3) is 0 Å². The number of halogens is 1. The molecule has 6 heteroatoms. The maximum atomic E-state index is 15.1. The normalized spacial score (nSPS) is 32.0. The summed E-state index contributed by atoms with van der Waals surface area (Å²) in [4.78, 5) is 3.90. The van der Waals surface area contributed by atoms with Gasteiger partial charge in [-0.15, -0.1) is 0 Å². The van der Waals surface area contributed by atoms with Gasteiger partial charge in [0.05, 0.1) is 12.2 Å². The van der Waals surface area contributed by atoms with Gasteiger partial charge in [-0.1, -0.05) is 18.2 Å². The molecule has 2 heterocycles. The summed E-state index contributed by atoms with van der Waals surface area (Å²) < 4.78 is 15.1. The third-order valence-corrected chi connectivity index (χ3v) is 4.97. The fourth-order valence-corrected chi connectivity index (χ4v) is 3.57. The average Bonchev–Trinajstić information content (AvgIpc) is 2.54. The Kier molecular flexibility index (Phi) is 4.87. The predicted octanol–water partition coefficient (Wildman–Crippen LogP) is 0.393. The minimum absolute atomic E-state index is 0.191. The van der Waals surface area contributed by atoms with Crippen molar-refractivity contribution in [2.24, 2.45) is 0 Å². The first-order chi connectivity index (χ1) is 11.0. The second-order valence-corrected chi connectivity index (χ2v) is 6.79. The number of aliphatic hydroxyl groups is 3. The smallest absolute Gasteiger partial charge is 0.127 e. The lowest BCUT2D eigenvalue weighted by Crippen LogP contribution is -2.58. The number of rotatable bonds is 3. The van der Waals surface area contributed by atoms with Crippen LogP contribution in [0.5, 0.6) is 0 Å². The summed E-state index contributed by atoms with van der Waals surface area (Å²) in [6.07, 6.45) is -2.33. The Morgan fingerprint density at radius 2 is 1.57 bits per heavy atom. The summed E-state index contributed by atoms with van der Waals surface area (Å²) in [5.41, 5.74) is -0.200. The van der Waals surface area contributed by atoms with Crippen LogP contribution in [0, 0.1) is 0 Å². The van der Waals surface area contributed by atoms with E-state index in [0.717, 1.165) is 5.69 Å². The van der Waals surface area contributed by atoms with Crippen molar-refractivity contribution in [3.63, 3.8) is 0 Å². The van der Waals surface area contributed by atoms with Crippen molar-refractivity contribution in [2.45, 2.75) is 36.8 Å². The fourth-order valence-electron chi connectivity index (χ4n) is 3.57. The quantitative estimate of drug-likeness (QED) is 0.751. The van der Waals surface area contributed by atoms with E-state index in [-0.39, 0.29) is 19.6 Å². The summed E-state index contributed by atoms with van der Waals surface area (Å²) >= 11 is 0. The molecule has 0 bridgehead atoms. The van der Waals surface area contributed by atoms with Gasteiger partial charge < -0.3 is 20.2 Å². The van der Waals surface area contributed by atoms with Gasteiger partial charge in [0.1, 0.15) is 11.8 Å². The summed E-state index contributed by atoms with van der Waals surface area (Å²) in [7, 11) is 0. The van der Waals surface area contributed by atoms with Gasteiger partial charge in [-0.05, 0) is 12.1 Å². The number of hydrogen-bond acceptors (Lipinski definition) is 5. The molecule has 3 N–H and O–H groups in total. The number of piperidine rings is 2. The van der Waals surface area contributed by atoms with E-state index in [1.54, 1.807) is 4.90 Å². The highest BCUT2D eigenvalue weighted by Gasteiger charge is 2.40. The molecule has 2 fully saturated rings. The number of aliphatic hydroxyl groups excluding tert-OH is 3. The summed E-state index contributed by atoms with van der Waals surface area (Å²) in [5.74, 6) is 0. The molecule has 0 aromatic heterocycles. The van der Waals surface area contributed by atoms with Gasteiger partial charge in [-0.2, -0.15) is 0 Å². The van der Waals surface area contributed by atoms with Crippen LogP contribution in [0.2, 0.25) is 0 Å². The van der Waals surface area contributed by atoms with E-state index in [4.69, 9.17) is 0 Å². The van der Waals surface area contributed by atoms with Crippen LogP contribution in [0.15, 0.2) is 30.3 Å². The van der Waals surface area contributed by atoms with Gasteiger partial charge >= 0.3 is 0 Å². The van der Waals surface area contributed by atoms with E-state index in [2.05, 4.69) is 4.90 Å². The Labute approximate surface area is 136 Å². The largest absolute Gasteiger partial charge is 0.389 e. The number of benzene rings is 1. The van der Waals surface area contributed by atoms with Gasteiger partial charge in [0.15, 0.2) is 0 Å². The molecule has 1 aromatic rings. The number of β-amino-alcohol motifs (C(OH)–C–C–N with tert-alkyl or cyclic N) is 2. The monoisotopic (exact) mass is 324 g/mol. The van der Waals surface area contributed by atoms with Crippen molar-refractivity contribution in [3.8, 4) is 0 Å². The number of nitrogens with zero attached hydrogens (tertiary/aromatic N) is 2. The van der Waals surface area contributed by atoms with Crippen molar-refractivity contribution in [3.05, 3.63) is 30.3 Å². The zero-order valence-corrected chi connectivity index (χ0v) is 13.2. The van der Waals surface area contributed by atoms with Crippen LogP contribution in [0.1, 0.15) is 12.8 Å². The van der Waals surface area contributed by atoms with Gasteiger partial charge in [0.25, 0.3) is 0 Å². The third kappa shape index (κ3) is 3.83. The zero-order chi connectivity index (χ0) is 16.4. The topological polar surface area (TPSA) is 67.2 Å². The molecule has 0 radical (unpaired) electrons. The summed E-state index contributed by atoms with van der Waals surface area (Å²) in [6.45, 7) is 1.90. The molecule has 23 heavy (non-hydrogen) atoms. The van der Waals surface area contributed by atoms with Crippen LogP contribution in [-0.4, -0.2) is 76.9 Å². The third-order valence-electron chi connectivity index (χ3n) is 4.97. The first kappa shape index (κ1) is 16.6. The van der Waals surface area contributed by atoms with Crippen molar-refractivity contribution in [1.29, 1.82) is 0 Å². The number of likely N-dealkylation sites (tertiary alicyclic amines) is 1. The Morgan fingerprint density at radius 1 is 1.00 bits per heavy atom. The van der Waals surface area contributed by atoms with Crippen LogP contribution in [0.3, 0.4) is 0 Å². The Bertz CT molecular complexity index is 496. The molecule has 0 amide bonds. The molecule has 0 spiro atoms. The average molecular weight is 324 g/mol. The van der Waals surface area contributed by atoms with Gasteiger partial charge in [-0.3, -0.25) is 4.90 Å². The lowest BCUT2D eigenvalue weighted by atomic mass is 9.91. The maximum absolute atomic E-state index is 15.1. The van der Waals surface area contributed by atoms with E-state index in [1.165, 1.54) is 0 Å². The molecule has 2 aliphatic rings. The van der Waals surface area contributed by atoms with E-state index in [9.17, 15) is 15.3 Å². The van der Waals surface area contributed by atoms with E-state index in [1.807, 2.05) is 30.3 Å². The molecule has 3 rings (SSSR count). The number of alkyl halides is 1. The molecular weight excluding hydrogens is 299 g/mol. The highest BCUT2D eigenvalue weighted by Crippen LogP contribution is 2.31. The van der Waals surface area contributed by atoms with Crippen molar-refractivity contribution >= 4 is 5.69 Å². The number of anilines is 1. The van der Waals surface area contributed by atoms with Crippen LogP contribution >= 0.6 is 0 Å². The summed E-state index contributed by atoms with van der Waals surface area (Å²) in [6, 6.07) is 9.99. The SMILES string of the molecule is OC1CN(CC2(F)CCN(c3ccccc3)CC2)CC(O)C1O. The fraction of sp³-hybridized carbons (Fsp3) is 0.647. The van der Waals surface area contributed by atoms with E-state index in [0.29, 0.717) is 25.9 Å². The minimum atomic E-state index is -1.31. The van der Waals surface area contributed by atoms with E-state index < -0.39 is 24.0 Å². The first-order valence-corrected chi connectivity index (χ1v) is 8.22. The molecule has 1 aromatic carbocycles. The number of para-hydroxylation sites is 1. The lowest BCUT2D eigenvalue weighted by molar-refractivity contribution is -0.118. The van der Waals surface area contributed by atoms with Crippen LogP contribution in [0.4, 0.5) is 10.1 Å². The maximum Gasteiger partial charge on any atom is 0.127 e. The molecule has 2 aliphatic heterocycles. The minimum Gasteiger partial charge on any atom is -0.389 e. The lowest BCUT2D eigenvalue weighted by Gasteiger charge is -2.43. The Hall–Kier alpha value is -1.21. The second kappa shape index (κ2) is 6.73. The first-order valence-electron chi connectivity index (χ1n) is 8.22. The van der Waals surface area contributed by atoms with Gasteiger partial charge in [-0.25, -0.2) is 4.39 Å². The number of hydrogen-bond donors (Lipinski definition) is 3. The predicted molar refractivity (Wildman–Crippen MR) is 86.2 cm³/mol. The van der Waals surface area contributed by atoms with Crippen molar-refractivity contribution in [2.75, 3.05) is 37.6 Å². The van der Waals surface area contributed by atoms with E-state index >= 15 is 4.39 Å². The molecule has 128 valence electrons. The highest BCUT2D eigenvalue weighted by atomic mass is 19.1. The molecular formula is C17H25FN2O3. The highest BCUT2D eigenvalue weighted by molar-refractivity contribution is 5.46. The molecule has 2 saturated heterocycles. The van der Waals surface area contributed by atoms with Crippen molar-refractivity contribution in [1.82, 2.24) is 4.90 Å². The Balaban J connectivity index is 1.55. The van der Waals surface area contributed by atoms with Crippen molar-refractivity contribution < 1.29 is 19.7 Å². The standard InChI is InChI=1S/C17H25FN2O3/c18-17(12-19-10-14(21)16(23)15(22)11-19)6-8-20(9-7-17)13-4-2-1-3-5-13/h1-5,14-16,21-23H,6-12H2. The zero-order valence-electron chi connectivity index (χ0n) is 13.2.